The van der Waals surface area contributed by atoms with Gasteiger partial charge in [0, 0.05) is 12.1 Å². The van der Waals surface area contributed by atoms with Crippen molar-refractivity contribution < 1.29 is 18.7 Å². The highest BCUT2D eigenvalue weighted by atomic mass is 16.5. The highest BCUT2D eigenvalue weighted by Gasteiger charge is 2.16. The van der Waals surface area contributed by atoms with Crippen LogP contribution in [0.2, 0.25) is 0 Å². The van der Waals surface area contributed by atoms with Gasteiger partial charge in [-0.3, -0.25) is 9.59 Å². The van der Waals surface area contributed by atoms with Crippen molar-refractivity contribution in [2.75, 3.05) is 17.7 Å². The molecule has 2 amide bonds. The van der Waals surface area contributed by atoms with E-state index in [0.29, 0.717) is 29.5 Å². The van der Waals surface area contributed by atoms with Crippen molar-refractivity contribution in [2.24, 2.45) is 5.92 Å². The molecule has 2 aromatic rings. The van der Waals surface area contributed by atoms with Crippen molar-refractivity contribution in [1.29, 1.82) is 0 Å². The number of benzene rings is 1. The Balaban J connectivity index is 1.60. The minimum Gasteiger partial charge on any atom is -0.495 e. The van der Waals surface area contributed by atoms with Gasteiger partial charge in [0.25, 0.3) is 5.91 Å². The summed E-state index contributed by atoms with van der Waals surface area (Å²) < 4.78 is 10.4. The van der Waals surface area contributed by atoms with E-state index in [4.69, 9.17) is 9.15 Å². The van der Waals surface area contributed by atoms with E-state index in [9.17, 15) is 9.59 Å². The van der Waals surface area contributed by atoms with Crippen molar-refractivity contribution in [3.8, 4) is 5.75 Å². The average Bonchev–Trinajstić information content (AvgIpc) is 3.22. The third kappa shape index (κ3) is 5.36. The first-order valence-electron chi connectivity index (χ1n) is 9.48. The molecule has 1 aliphatic carbocycles. The predicted molar refractivity (Wildman–Crippen MR) is 104 cm³/mol. The van der Waals surface area contributed by atoms with E-state index in [1.54, 1.807) is 30.3 Å². The molecule has 27 heavy (non-hydrogen) atoms. The van der Waals surface area contributed by atoms with Crippen LogP contribution in [0.15, 0.2) is 41.0 Å². The average molecular weight is 370 g/mol. The van der Waals surface area contributed by atoms with Gasteiger partial charge < -0.3 is 19.8 Å². The van der Waals surface area contributed by atoms with Gasteiger partial charge in [-0.15, -0.1) is 0 Å². The lowest BCUT2D eigenvalue weighted by molar-refractivity contribution is -0.116. The lowest BCUT2D eigenvalue weighted by Crippen LogP contribution is -2.16. The Bertz CT molecular complexity index is 764. The molecule has 144 valence electrons. The number of furan rings is 1. The number of methoxy groups -OCH3 is 1. The van der Waals surface area contributed by atoms with Gasteiger partial charge in [-0.05, 0) is 42.7 Å². The number of hydrogen-bond acceptors (Lipinski definition) is 4. The van der Waals surface area contributed by atoms with E-state index in [0.717, 1.165) is 6.42 Å². The Labute approximate surface area is 159 Å². The summed E-state index contributed by atoms with van der Waals surface area (Å²) >= 11 is 0. The van der Waals surface area contributed by atoms with Crippen LogP contribution in [0.25, 0.3) is 0 Å². The summed E-state index contributed by atoms with van der Waals surface area (Å²) in [6.07, 6.45) is 9.25. The smallest absolute Gasteiger partial charge is 0.291 e. The topological polar surface area (TPSA) is 80.6 Å². The quantitative estimate of drug-likeness (QED) is 0.731. The number of ether oxygens (including phenoxy) is 1. The number of amides is 2. The zero-order chi connectivity index (χ0) is 19.1. The van der Waals surface area contributed by atoms with Crippen LogP contribution in [0.3, 0.4) is 0 Å². The Morgan fingerprint density at radius 1 is 1.15 bits per heavy atom. The third-order valence-electron chi connectivity index (χ3n) is 4.98. The number of hydrogen-bond donors (Lipinski definition) is 2. The van der Waals surface area contributed by atoms with Crippen LogP contribution in [0.4, 0.5) is 11.4 Å². The molecule has 0 atom stereocenters. The fourth-order valence-electron chi connectivity index (χ4n) is 3.51. The van der Waals surface area contributed by atoms with E-state index in [1.165, 1.54) is 45.5 Å². The van der Waals surface area contributed by atoms with E-state index < -0.39 is 0 Å². The van der Waals surface area contributed by atoms with Crippen molar-refractivity contribution in [3.63, 3.8) is 0 Å². The minimum absolute atomic E-state index is 0.00551. The molecule has 6 heteroatoms. The maximum absolute atomic E-state index is 12.3. The predicted octanol–water partition coefficient (Wildman–Crippen LogP) is 4.84. The summed E-state index contributed by atoms with van der Waals surface area (Å²) in [6.45, 7) is 0. The van der Waals surface area contributed by atoms with Gasteiger partial charge in [-0.2, -0.15) is 0 Å². The highest BCUT2D eigenvalue weighted by molar-refractivity contribution is 6.03. The molecule has 1 aromatic carbocycles. The van der Waals surface area contributed by atoms with Gasteiger partial charge in [0.05, 0.1) is 19.1 Å². The highest BCUT2D eigenvalue weighted by Crippen LogP contribution is 2.30. The summed E-state index contributed by atoms with van der Waals surface area (Å²) in [5, 5.41) is 5.66. The van der Waals surface area contributed by atoms with E-state index in [-0.39, 0.29) is 17.6 Å². The van der Waals surface area contributed by atoms with Crippen LogP contribution in [0.1, 0.15) is 55.5 Å². The van der Waals surface area contributed by atoms with Crippen LogP contribution >= 0.6 is 0 Å². The van der Waals surface area contributed by atoms with Gasteiger partial charge in [-0.25, -0.2) is 0 Å². The number of anilines is 2. The molecule has 2 N–H and O–H groups in total. The summed E-state index contributed by atoms with van der Waals surface area (Å²) in [7, 11) is 1.53. The number of rotatable bonds is 7. The minimum atomic E-state index is -0.376. The molecule has 1 aromatic heterocycles. The summed E-state index contributed by atoms with van der Waals surface area (Å²) in [5.41, 5.74) is 1.10. The van der Waals surface area contributed by atoms with Crippen molar-refractivity contribution in [3.05, 3.63) is 42.4 Å². The van der Waals surface area contributed by atoms with E-state index in [1.807, 2.05) is 0 Å². The lowest BCUT2D eigenvalue weighted by Gasteiger charge is -2.21. The van der Waals surface area contributed by atoms with Gasteiger partial charge in [0.15, 0.2) is 5.76 Å². The maximum Gasteiger partial charge on any atom is 0.291 e. The molecular weight excluding hydrogens is 344 g/mol. The first kappa shape index (κ1) is 19.0. The first-order chi connectivity index (χ1) is 13.2. The Morgan fingerprint density at radius 3 is 2.67 bits per heavy atom. The standard InChI is InChI=1S/C21H26N2O4/c1-26-18-11-10-16(14-17(18)23-21(25)19-8-5-13-27-19)22-20(24)12-9-15-6-3-2-4-7-15/h5,8,10-11,13-15H,2-4,6-7,9,12H2,1H3,(H,22,24)(H,23,25). The zero-order valence-corrected chi connectivity index (χ0v) is 15.6. The second-order valence-electron chi connectivity index (χ2n) is 6.94. The molecule has 3 rings (SSSR count). The first-order valence-corrected chi connectivity index (χ1v) is 9.48. The third-order valence-corrected chi connectivity index (χ3v) is 4.98. The largest absolute Gasteiger partial charge is 0.495 e. The van der Waals surface area contributed by atoms with Crippen LogP contribution in [-0.4, -0.2) is 18.9 Å². The lowest BCUT2D eigenvalue weighted by atomic mass is 9.86. The van der Waals surface area contributed by atoms with E-state index >= 15 is 0 Å². The zero-order valence-electron chi connectivity index (χ0n) is 15.6. The molecule has 1 fully saturated rings. The molecule has 0 aliphatic heterocycles. The van der Waals surface area contributed by atoms with Gasteiger partial charge >= 0.3 is 0 Å². The fraction of sp³-hybridized carbons (Fsp3) is 0.429. The molecule has 6 nitrogen and oxygen atoms in total. The summed E-state index contributed by atoms with van der Waals surface area (Å²) in [5.74, 6) is 1.01. The number of carbonyl (C=O) groups excluding carboxylic acids is 2. The second-order valence-corrected chi connectivity index (χ2v) is 6.94. The van der Waals surface area contributed by atoms with Crippen LogP contribution in [0, 0.1) is 5.92 Å². The molecule has 1 saturated carbocycles. The fourth-order valence-corrected chi connectivity index (χ4v) is 3.51. The normalized spacial score (nSPS) is 14.6. The molecule has 0 spiro atoms. The molecule has 1 aliphatic rings. The number of carbonyl (C=O) groups is 2. The monoisotopic (exact) mass is 370 g/mol. The van der Waals surface area contributed by atoms with Gasteiger partial charge in [-0.1, -0.05) is 32.1 Å². The van der Waals surface area contributed by atoms with Crippen LogP contribution < -0.4 is 15.4 Å². The molecular formula is C21H26N2O4. The van der Waals surface area contributed by atoms with Crippen molar-refractivity contribution in [2.45, 2.75) is 44.9 Å². The molecule has 0 radical (unpaired) electrons. The van der Waals surface area contributed by atoms with Crippen molar-refractivity contribution in [1.82, 2.24) is 0 Å². The Hall–Kier alpha value is -2.76. The summed E-state index contributed by atoms with van der Waals surface area (Å²) in [4.78, 5) is 24.5. The van der Waals surface area contributed by atoms with Crippen LogP contribution in [-0.2, 0) is 4.79 Å². The second kappa shape index (κ2) is 9.26. The SMILES string of the molecule is COc1ccc(NC(=O)CCC2CCCCC2)cc1NC(=O)c1ccco1. The van der Waals surface area contributed by atoms with Crippen molar-refractivity contribution >= 4 is 23.2 Å². The Kier molecular flexibility index (Phi) is 6.52. The number of nitrogens with one attached hydrogen (secondary N) is 2. The van der Waals surface area contributed by atoms with Gasteiger partial charge in [0.2, 0.25) is 5.91 Å². The van der Waals surface area contributed by atoms with Gasteiger partial charge in [0.1, 0.15) is 5.75 Å². The maximum atomic E-state index is 12.3. The molecule has 0 unspecified atom stereocenters. The molecule has 0 bridgehead atoms. The molecule has 1 heterocycles. The van der Waals surface area contributed by atoms with E-state index in [2.05, 4.69) is 10.6 Å². The Morgan fingerprint density at radius 2 is 1.96 bits per heavy atom. The summed E-state index contributed by atoms with van der Waals surface area (Å²) in [6, 6.07) is 8.40. The molecule has 0 saturated heterocycles. The van der Waals surface area contributed by atoms with Crippen LogP contribution in [0.5, 0.6) is 5.75 Å².